The molecule has 0 aromatic carbocycles. The van der Waals surface area contributed by atoms with Crippen LogP contribution in [-0.4, -0.2) is 22.0 Å². The van der Waals surface area contributed by atoms with Gasteiger partial charge >= 0.3 is 5.97 Å². The maximum Gasteiger partial charge on any atom is 0.358 e. The van der Waals surface area contributed by atoms with Crippen LogP contribution in [0.15, 0.2) is 24.4 Å². The van der Waals surface area contributed by atoms with Gasteiger partial charge in [0.05, 0.1) is 6.61 Å². The summed E-state index contributed by atoms with van der Waals surface area (Å²) < 4.78 is 6.96. The molecule has 0 spiro atoms. The van der Waals surface area contributed by atoms with Crippen molar-refractivity contribution in [3.05, 3.63) is 35.8 Å². The highest BCUT2D eigenvalue weighted by molar-refractivity contribution is 5.88. The molecule has 4 nitrogen and oxygen atoms in total. The highest BCUT2D eigenvalue weighted by Gasteiger charge is 2.26. The smallest absolute Gasteiger partial charge is 0.358 e. The number of ether oxygens (including phenoxy) is 1. The van der Waals surface area contributed by atoms with Crippen LogP contribution in [-0.2, 0) is 4.74 Å². The first-order valence-electron chi connectivity index (χ1n) is 6.94. The lowest BCUT2D eigenvalue weighted by Crippen LogP contribution is -2.04. The van der Waals surface area contributed by atoms with Crippen molar-refractivity contribution in [2.75, 3.05) is 6.61 Å². The summed E-state index contributed by atoms with van der Waals surface area (Å²) in [6, 6.07) is 6.00. The highest BCUT2D eigenvalue weighted by Crippen LogP contribution is 2.40. The summed E-state index contributed by atoms with van der Waals surface area (Å²) in [7, 11) is 0. The number of pyridine rings is 1. The van der Waals surface area contributed by atoms with Gasteiger partial charge in [-0.15, -0.1) is 0 Å². The van der Waals surface area contributed by atoms with Crippen LogP contribution in [0.25, 0.3) is 5.65 Å². The van der Waals surface area contributed by atoms with E-state index in [0.717, 1.165) is 5.65 Å². The van der Waals surface area contributed by atoms with E-state index in [2.05, 4.69) is 11.1 Å². The highest BCUT2D eigenvalue weighted by atomic mass is 16.5. The summed E-state index contributed by atoms with van der Waals surface area (Å²) >= 11 is 0. The van der Waals surface area contributed by atoms with Crippen molar-refractivity contribution in [1.82, 2.24) is 9.38 Å². The van der Waals surface area contributed by atoms with Crippen LogP contribution < -0.4 is 0 Å². The number of nitrogens with zero attached hydrogens (tertiary/aromatic N) is 2. The number of fused-ring (bicyclic) bond motifs is 1. The molecule has 0 saturated heterocycles. The van der Waals surface area contributed by atoms with Crippen molar-refractivity contribution in [1.29, 1.82) is 0 Å². The maximum atomic E-state index is 11.6. The second-order valence-electron chi connectivity index (χ2n) is 4.30. The summed E-state index contributed by atoms with van der Waals surface area (Å²) in [5.41, 5.74) is 2.45. The number of hydrogen-bond donors (Lipinski definition) is 0. The van der Waals surface area contributed by atoms with Gasteiger partial charge in [0.2, 0.25) is 0 Å². The van der Waals surface area contributed by atoms with Crippen molar-refractivity contribution in [3.63, 3.8) is 0 Å². The Morgan fingerprint density at radius 3 is 2.79 bits per heavy atom. The van der Waals surface area contributed by atoms with Crippen molar-refractivity contribution in [3.8, 4) is 0 Å². The zero-order valence-corrected chi connectivity index (χ0v) is 11.7. The van der Waals surface area contributed by atoms with E-state index in [1.165, 1.54) is 18.5 Å². The van der Waals surface area contributed by atoms with Crippen molar-refractivity contribution in [2.45, 2.75) is 39.5 Å². The summed E-state index contributed by atoms with van der Waals surface area (Å²) in [4.78, 5) is 15.9. The quantitative estimate of drug-likeness (QED) is 0.794. The number of rotatable bonds is 3. The molecule has 2 aromatic rings. The zero-order valence-electron chi connectivity index (χ0n) is 11.7. The molecule has 2 heterocycles. The molecule has 19 heavy (non-hydrogen) atoms. The molecular weight excluding hydrogens is 240 g/mol. The van der Waals surface area contributed by atoms with Gasteiger partial charge in [-0.25, -0.2) is 9.78 Å². The zero-order chi connectivity index (χ0) is 13.8. The average molecular weight is 260 g/mol. The number of aromatic nitrogens is 2. The van der Waals surface area contributed by atoms with Gasteiger partial charge in [-0.2, -0.15) is 0 Å². The van der Waals surface area contributed by atoms with Gasteiger partial charge in [0.25, 0.3) is 0 Å². The molecule has 4 heteroatoms. The Hall–Kier alpha value is -1.84. The minimum atomic E-state index is -0.349. The SMILES string of the molecule is CC.CCOC(=O)c1cn2c(C3CC3)cccc2n1. The normalized spacial score (nSPS) is 13.8. The molecule has 102 valence electrons. The van der Waals surface area contributed by atoms with Crippen molar-refractivity contribution >= 4 is 11.6 Å². The standard InChI is InChI=1S/C13H14N2O2.C2H6/c1-2-17-13(16)10-8-15-11(9-6-7-9)4-3-5-12(15)14-10;1-2/h3-5,8-9H,2,6-7H2,1H3;1-2H3. The molecule has 1 aliphatic carbocycles. The summed E-state index contributed by atoms with van der Waals surface area (Å²) in [6.07, 6.45) is 4.24. The fraction of sp³-hybridized carbons (Fsp3) is 0.467. The van der Waals surface area contributed by atoms with E-state index in [1.54, 1.807) is 13.1 Å². The van der Waals surface area contributed by atoms with Crippen LogP contribution in [0.1, 0.15) is 55.7 Å². The monoisotopic (exact) mass is 260 g/mol. The third-order valence-electron chi connectivity index (χ3n) is 3.00. The Balaban J connectivity index is 0.000000637. The lowest BCUT2D eigenvalue weighted by Gasteiger charge is -2.01. The van der Waals surface area contributed by atoms with Gasteiger partial charge in [-0.3, -0.25) is 0 Å². The molecule has 0 unspecified atom stereocenters. The van der Waals surface area contributed by atoms with Crippen molar-refractivity contribution < 1.29 is 9.53 Å². The van der Waals surface area contributed by atoms with Crippen LogP contribution in [0.3, 0.4) is 0 Å². The number of esters is 1. The van der Waals surface area contributed by atoms with E-state index in [9.17, 15) is 4.79 Å². The Labute approximate surface area is 113 Å². The molecule has 1 aliphatic rings. The largest absolute Gasteiger partial charge is 0.461 e. The van der Waals surface area contributed by atoms with Gasteiger partial charge < -0.3 is 9.14 Å². The van der Waals surface area contributed by atoms with E-state index in [1.807, 2.05) is 30.4 Å². The molecular formula is C15H20N2O2. The molecule has 0 aliphatic heterocycles. The molecule has 0 atom stereocenters. The lowest BCUT2D eigenvalue weighted by atomic mass is 10.2. The van der Waals surface area contributed by atoms with E-state index >= 15 is 0 Å². The van der Waals surface area contributed by atoms with Crippen LogP contribution in [0.2, 0.25) is 0 Å². The first kappa shape index (κ1) is 13.6. The number of imidazole rings is 1. The molecule has 2 aromatic heterocycles. The number of hydrogen-bond acceptors (Lipinski definition) is 3. The van der Waals surface area contributed by atoms with Gasteiger partial charge in [0.15, 0.2) is 5.69 Å². The van der Waals surface area contributed by atoms with E-state index in [0.29, 0.717) is 18.2 Å². The Morgan fingerprint density at radius 1 is 1.42 bits per heavy atom. The molecule has 0 bridgehead atoms. The minimum Gasteiger partial charge on any atom is -0.461 e. The third-order valence-corrected chi connectivity index (χ3v) is 3.00. The Morgan fingerprint density at radius 2 is 2.16 bits per heavy atom. The van der Waals surface area contributed by atoms with Crippen molar-refractivity contribution in [2.24, 2.45) is 0 Å². The Kier molecular flexibility index (Phi) is 4.20. The predicted molar refractivity (Wildman–Crippen MR) is 74.5 cm³/mol. The topological polar surface area (TPSA) is 43.6 Å². The first-order valence-corrected chi connectivity index (χ1v) is 6.94. The van der Waals surface area contributed by atoms with Gasteiger partial charge in [0.1, 0.15) is 5.65 Å². The number of carbonyl (C=O) groups excluding carboxylic acids is 1. The van der Waals surface area contributed by atoms with Gasteiger partial charge in [-0.1, -0.05) is 19.9 Å². The van der Waals surface area contributed by atoms with E-state index in [-0.39, 0.29) is 5.97 Å². The molecule has 3 rings (SSSR count). The predicted octanol–water partition coefficient (Wildman–Crippen LogP) is 3.41. The lowest BCUT2D eigenvalue weighted by molar-refractivity contribution is 0.0520. The maximum absolute atomic E-state index is 11.6. The molecule has 1 fully saturated rings. The molecule has 0 radical (unpaired) electrons. The van der Waals surface area contributed by atoms with Crippen LogP contribution in [0.5, 0.6) is 0 Å². The average Bonchev–Trinajstić information content (AvgIpc) is 3.18. The van der Waals surface area contributed by atoms with Crippen LogP contribution >= 0.6 is 0 Å². The molecule has 1 saturated carbocycles. The summed E-state index contributed by atoms with van der Waals surface area (Å²) in [6.45, 7) is 6.17. The van der Waals surface area contributed by atoms with Gasteiger partial charge in [0, 0.05) is 11.9 Å². The van der Waals surface area contributed by atoms with Crippen LogP contribution in [0.4, 0.5) is 0 Å². The fourth-order valence-electron chi connectivity index (χ4n) is 2.05. The number of carbonyl (C=O) groups is 1. The minimum absolute atomic E-state index is 0.349. The third kappa shape index (κ3) is 2.78. The fourth-order valence-corrected chi connectivity index (χ4v) is 2.05. The van der Waals surface area contributed by atoms with E-state index in [4.69, 9.17) is 4.74 Å². The molecule has 0 N–H and O–H groups in total. The summed E-state index contributed by atoms with van der Waals surface area (Å²) in [5.74, 6) is 0.279. The Bertz CT molecular complexity index is 571. The van der Waals surface area contributed by atoms with Crippen LogP contribution in [0, 0.1) is 0 Å². The second-order valence-corrected chi connectivity index (χ2v) is 4.30. The summed E-state index contributed by atoms with van der Waals surface area (Å²) in [5, 5.41) is 0. The second kappa shape index (κ2) is 5.87. The first-order chi connectivity index (χ1) is 9.29. The molecule has 0 amide bonds. The van der Waals surface area contributed by atoms with Gasteiger partial charge in [-0.05, 0) is 37.8 Å². The van der Waals surface area contributed by atoms with E-state index < -0.39 is 0 Å².